The number of benzene rings is 3. The van der Waals surface area contributed by atoms with Crippen molar-refractivity contribution in [1.82, 2.24) is 4.90 Å². The third kappa shape index (κ3) is 4.71. The van der Waals surface area contributed by atoms with Crippen LogP contribution in [0.15, 0.2) is 71.6 Å². The molecule has 0 saturated heterocycles. The van der Waals surface area contributed by atoms with Crippen LogP contribution in [0, 0.1) is 5.82 Å². The van der Waals surface area contributed by atoms with Crippen LogP contribution in [0.5, 0.6) is 5.75 Å². The predicted octanol–water partition coefficient (Wildman–Crippen LogP) is 4.59. The van der Waals surface area contributed by atoms with Gasteiger partial charge in [-0.2, -0.15) is 0 Å². The zero-order valence-corrected chi connectivity index (χ0v) is 18.7. The second-order valence-corrected chi connectivity index (χ2v) is 9.55. The molecular weight excluding hydrogens is 455 g/mol. The molecule has 6 nitrogen and oxygen atoms in total. The number of ether oxygens (including phenoxy) is 1. The zero-order valence-electron chi connectivity index (χ0n) is 17.1. The summed E-state index contributed by atoms with van der Waals surface area (Å²) >= 11 is 5.84. The van der Waals surface area contributed by atoms with Crippen molar-refractivity contribution in [1.29, 1.82) is 0 Å². The molecule has 0 aliphatic carbocycles. The number of amides is 1. The minimum Gasteiger partial charge on any atom is -0.481 e. The van der Waals surface area contributed by atoms with E-state index >= 15 is 0 Å². The quantitative estimate of drug-likeness (QED) is 0.587. The standard InChI is InChI=1S/C23H20ClFN2O4S/c1-15-23(28)27(13-16-4-2-3-5-21(16)25)14-17-12-19(8-11-22(17)31-15)26-32(29,30)20-9-6-18(24)7-10-20/h2-12,15,26H,13-14H2,1H3. The zero-order chi connectivity index (χ0) is 22.9. The van der Waals surface area contributed by atoms with Gasteiger partial charge in [0.25, 0.3) is 15.9 Å². The highest BCUT2D eigenvalue weighted by molar-refractivity contribution is 7.92. The molecule has 0 saturated carbocycles. The molecule has 0 fully saturated rings. The summed E-state index contributed by atoms with van der Waals surface area (Å²) in [5.74, 6) is -0.216. The van der Waals surface area contributed by atoms with E-state index in [1.807, 2.05) is 0 Å². The van der Waals surface area contributed by atoms with Gasteiger partial charge in [-0.05, 0) is 55.5 Å². The minimum absolute atomic E-state index is 0.0677. The fourth-order valence-electron chi connectivity index (χ4n) is 3.46. The Balaban J connectivity index is 1.61. The lowest BCUT2D eigenvalue weighted by molar-refractivity contribution is -0.138. The lowest BCUT2D eigenvalue weighted by Crippen LogP contribution is -2.37. The van der Waals surface area contributed by atoms with Crippen LogP contribution in [0.3, 0.4) is 0 Å². The van der Waals surface area contributed by atoms with E-state index in [1.165, 1.54) is 35.2 Å². The Morgan fingerprint density at radius 2 is 1.84 bits per heavy atom. The summed E-state index contributed by atoms with van der Waals surface area (Å²) in [7, 11) is -3.83. The van der Waals surface area contributed by atoms with Crippen LogP contribution in [0.25, 0.3) is 0 Å². The monoisotopic (exact) mass is 474 g/mol. The smallest absolute Gasteiger partial charge is 0.263 e. The second-order valence-electron chi connectivity index (χ2n) is 7.43. The van der Waals surface area contributed by atoms with Crippen molar-refractivity contribution in [2.24, 2.45) is 0 Å². The lowest BCUT2D eigenvalue weighted by Gasteiger charge is -2.22. The number of nitrogens with zero attached hydrogens (tertiary/aromatic N) is 1. The van der Waals surface area contributed by atoms with Crippen molar-refractivity contribution in [2.45, 2.75) is 31.0 Å². The number of nitrogens with one attached hydrogen (secondary N) is 1. The molecule has 0 spiro atoms. The molecule has 4 rings (SSSR count). The molecule has 1 heterocycles. The fourth-order valence-corrected chi connectivity index (χ4v) is 4.63. The van der Waals surface area contributed by atoms with Gasteiger partial charge >= 0.3 is 0 Å². The Morgan fingerprint density at radius 3 is 2.56 bits per heavy atom. The average molecular weight is 475 g/mol. The van der Waals surface area contributed by atoms with Gasteiger partial charge in [0.05, 0.1) is 4.90 Å². The van der Waals surface area contributed by atoms with E-state index in [9.17, 15) is 17.6 Å². The molecule has 1 amide bonds. The lowest BCUT2D eigenvalue weighted by atomic mass is 10.1. The summed E-state index contributed by atoms with van der Waals surface area (Å²) in [6.45, 7) is 1.84. The first kappa shape index (κ1) is 22.1. The number of anilines is 1. The van der Waals surface area contributed by atoms with Crippen LogP contribution < -0.4 is 9.46 Å². The van der Waals surface area contributed by atoms with Crippen molar-refractivity contribution in [2.75, 3.05) is 4.72 Å². The van der Waals surface area contributed by atoms with Gasteiger partial charge in [0.15, 0.2) is 6.10 Å². The number of hydrogen-bond donors (Lipinski definition) is 1. The highest BCUT2D eigenvalue weighted by atomic mass is 35.5. The van der Waals surface area contributed by atoms with Crippen molar-refractivity contribution < 1.29 is 22.3 Å². The van der Waals surface area contributed by atoms with E-state index in [1.54, 1.807) is 43.3 Å². The van der Waals surface area contributed by atoms with E-state index in [0.29, 0.717) is 27.6 Å². The molecule has 1 unspecified atom stereocenters. The van der Waals surface area contributed by atoms with Gasteiger partial charge < -0.3 is 9.64 Å². The van der Waals surface area contributed by atoms with E-state index in [0.717, 1.165) is 0 Å². The number of carbonyl (C=O) groups is 1. The summed E-state index contributed by atoms with van der Waals surface area (Å²) in [5, 5.41) is 0.430. The summed E-state index contributed by atoms with van der Waals surface area (Å²) in [5.41, 5.74) is 1.31. The summed E-state index contributed by atoms with van der Waals surface area (Å²) in [6, 6.07) is 16.9. The van der Waals surface area contributed by atoms with Crippen molar-refractivity contribution in [3.63, 3.8) is 0 Å². The summed E-state index contributed by atoms with van der Waals surface area (Å²) in [4.78, 5) is 14.4. The summed E-state index contributed by atoms with van der Waals surface area (Å²) in [6.07, 6.45) is -0.764. The highest BCUT2D eigenvalue weighted by Gasteiger charge is 2.29. The number of sulfonamides is 1. The van der Waals surface area contributed by atoms with Crippen LogP contribution in [-0.4, -0.2) is 25.3 Å². The Morgan fingerprint density at radius 1 is 1.12 bits per heavy atom. The van der Waals surface area contributed by atoms with E-state index in [-0.39, 0.29) is 23.9 Å². The van der Waals surface area contributed by atoms with Gasteiger partial charge in [0.1, 0.15) is 11.6 Å². The predicted molar refractivity (Wildman–Crippen MR) is 119 cm³/mol. The molecule has 9 heteroatoms. The third-order valence-electron chi connectivity index (χ3n) is 5.08. The van der Waals surface area contributed by atoms with Gasteiger partial charge in [0.2, 0.25) is 0 Å². The van der Waals surface area contributed by atoms with Crippen LogP contribution in [0.2, 0.25) is 5.02 Å². The maximum Gasteiger partial charge on any atom is 0.263 e. The van der Waals surface area contributed by atoms with Crippen molar-refractivity contribution >= 4 is 33.2 Å². The number of halogens is 2. The molecule has 3 aromatic rings. The SMILES string of the molecule is CC1Oc2ccc(NS(=O)(=O)c3ccc(Cl)cc3)cc2CN(Cc2ccccc2F)C1=O. The Hall–Kier alpha value is -3.10. The Bertz CT molecular complexity index is 1270. The minimum atomic E-state index is -3.83. The van der Waals surface area contributed by atoms with Crippen LogP contribution >= 0.6 is 11.6 Å². The molecule has 32 heavy (non-hydrogen) atoms. The molecule has 1 N–H and O–H groups in total. The molecule has 1 atom stereocenters. The molecule has 166 valence electrons. The fraction of sp³-hybridized carbons (Fsp3) is 0.174. The third-order valence-corrected chi connectivity index (χ3v) is 6.73. The second kappa shape index (κ2) is 8.80. The van der Waals surface area contributed by atoms with Gasteiger partial charge in [0, 0.05) is 34.9 Å². The van der Waals surface area contributed by atoms with Crippen LogP contribution in [0.4, 0.5) is 10.1 Å². The maximum absolute atomic E-state index is 14.1. The number of rotatable bonds is 5. The van der Waals surface area contributed by atoms with Gasteiger partial charge in [-0.25, -0.2) is 12.8 Å². The average Bonchev–Trinajstić information content (AvgIpc) is 2.86. The van der Waals surface area contributed by atoms with Gasteiger partial charge in [-0.3, -0.25) is 9.52 Å². The van der Waals surface area contributed by atoms with E-state index < -0.39 is 21.9 Å². The van der Waals surface area contributed by atoms with Gasteiger partial charge in [-0.1, -0.05) is 29.8 Å². The van der Waals surface area contributed by atoms with Crippen LogP contribution in [-0.2, 0) is 27.9 Å². The topological polar surface area (TPSA) is 75.7 Å². The Labute approximate surface area is 190 Å². The number of carbonyl (C=O) groups excluding carboxylic acids is 1. The van der Waals surface area contributed by atoms with Crippen molar-refractivity contribution in [3.05, 3.63) is 88.7 Å². The first-order valence-corrected chi connectivity index (χ1v) is 11.7. The first-order chi connectivity index (χ1) is 15.2. The molecule has 0 radical (unpaired) electrons. The Kier molecular flexibility index (Phi) is 6.08. The molecular formula is C23H20ClFN2O4S. The molecule has 0 aromatic heterocycles. The first-order valence-electron chi connectivity index (χ1n) is 9.83. The largest absolute Gasteiger partial charge is 0.481 e. The number of fused-ring (bicyclic) bond motifs is 1. The molecule has 1 aliphatic rings. The molecule has 3 aromatic carbocycles. The number of hydrogen-bond acceptors (Lipinski definition) is 4. The van der Waals surface area contributed by atoms with Gasteiger partial charge in [-0.15, -0.1) is 0 Å². The molecule has 0 bridgehead atoms. The maximum atomic E-state index is 14.1. The summed E-state index contributed by atoms with van der Waals surface area (Å²) < 4.78 is 47.9. The van der Waals surface area contributed by atoms with E-state index in [2.05, 4.69) is 4.72 Å². The molecule has 1 aliphatic heterocycles. The van der Waals surface area contributed by atoms with Crippen LogP contribution in [0.1, 0.15) is 18.1 Å². The van der Waals surface area contributed by atoms with Crippen molar-refractivity contribution in [3.8, 4) is 5.75 Å². The highest BCUT2D eigenvalue weighted by Crippen LogP contribution is 2.30. The van der Waals surface area contributed by atoms with E-state index in [4.69, 9.17) is 16.3 Å². The normalized spacial score (nSPS) is 16.2.